The Balaban J connectivity index is 1.69. The summed E-state index contributed by atoms with van der Waals surface area (Å²) in [5.41, 5.74) is -0.721. The van der Waals surface area contributed by atoms with E-state index >= 15 is 0 Å². The van der Waals surface area contributed by atoms with Gasteiger partial charge in [0.2, 0.25) is 5.91 Å². The number of hydrogen-bond donors (Lipinski definition) is 1. The molecule has 2 aromatic rings. The van der Waals surface area contributed by atoms with Gasteiger partial charge >= 0.3 is 12.1 Å². The summed E-state index contributed by atoms with van der Waals surface area (Å²) in [6, 6.07) is 2.22. The van der Waals surface area contributed by atoms with Crippen LogP contribution in [0.25, 0.3) is 0 Å². The number of amides is 1. The van der Waals surface area contributed by atoms with Gasteiger partial charge < -0.3 is 15.0 Å². The highest BCUT2D eigenvalue weighted by Crippen LogP contribution is 2.36. The fraction of sp³-hybridized carbons (Fsp3) is 0.444. The quantitative estimate of drug-likeness (QED) is 0.733. The Kier molecular flexibility index (Phi) is 6.36. The molecule has 1 aliphatic heterocycles. The highest BCUT2D eigenvalue weighted by Gasteiger charge is 2.37. The summed E-state index contributed by atoms with van der Waals surface area (Å²) in [6.45, 7) is 2.38. The van der Waals surface area contributed by atoms with E-state index in [0.717, 1.165) is 17.4 Å². The summed E-state index contributed by atoms with van der Waals surface area (Å²) >= 11 is 1.08. The predicted molar refractivity (Wildman–Crippen MR) is 101 cm³/mol. The van der Waals surface area contributed by atoms with E-state index in [2.05, 4.69) is 15.3 Å². The Bertz CT molecular complexity index is 887. The summed E-state index contributed by atoms with van der Waals surface area (Å²) in [5.74, 6) is -1.63. The first-order valence-electron chi connectivity index (χ1n) is 9.00. The minimum absolute atomic E-state index is 0.0979. The molecule has 0 bridgehead atoms. The van der Waals surface area contributed by atoms with E-state index in [1.165, 1.54) is 22.5 Å². The van der Waals surface area contributed by atoms with Crippen molar-refractivity contribution >= 4 is 34.2 Å². The molecule has 11 heteroatoms. The molecule has 0 aromatic carbocycles. The molecular formula is C18H19F3N4O3S. The first-order valence-corrected chi connectivity index (χ1v) is 9.88. The fourth-order valence-corrected chi connectivity index (χ4v) is 3.77. The maximum atomic E-state index is 13.3. The van der Waals surface area contributed by atoms with Crippen molar-refractivity contribution in [1.82, 2.24) is 9.97 Å². The number of aromatic nitrogens is 2. The van der Waals surface area contributed by atoms with Gasteiger partial charge in [0.1, 0.15) is 5.82 Å². The summed E-state index contributed by atoms with van der Waals surface area (Å²) in [7, 11) is 0. The molecule has 0 spiro atoms. The van der Waals surface area contributed by atoms with Crippen molar-refractivity contribution in [1.29, 1.82) is 0 Å². The second-order valence-corrected chi connectivity index (χ2v) is 7.26. The van der Waals surface area contributed by atoms with E-state index in [0.29, 0.717) is 19.4 Å². The SMILES string of the molecule is CCOC(=O)c1csc(NC(=O)C2CCCN(c3ncccc3C(F)(F)F)C2)n1. The van der Waals surface area contributed by atoms with Crippen molar-refractivity contribution in [2.45, 2.75) is 25.9 Å². The number of carbonyl (C=O) groups excluding carboxylic acids is 2. The molecule has 29 heavy (non-hydrogen) atoms. The number of nitrogens with zero attached hydrogens (tertiary/aromatic N) is 3. The van der Waals surface area contributed by atoms with Crippen LogP contribution in [0.2, 0.25) is 0 Å². The molecule has 3 heterocycles. The van der Waals surface area contributed by atoms with Crippen molar-refractivity contribution in [3.8, 4) is 0 Å². The minimum Gasteiger partial charge on any atom is -0.461 e. The molecule has 1 N–H and O–H groups in total. The van der Waals surface area contributed by atoms with Crippen LogP contribution in [0.4, 0.5) is 24.1 Å². The molecule has 0 radical (unpaired) electrons. The summed E-state index contributed by atoms with van der Waals surface area (Å²) in [5, 5.41) is 4.35. The summed E-state index contributed by atoms with van der Waals surface area (Å²) in [6.07, 6.45) is -2.13. The zero-order chi connectivity index (χ0) is 21.0. The average molecular weight is 428 g/mol. The van der Waals surface area contributed by atoms with Crippen LogP contribution in [0.5, 0.6) is 0 Å². The number of esters is 1. The maximum Gasteiger partial charge on any atom is 0.419 e. The summed E-state index contributed by atoms with van der Waals surface area (Å²) in [4.78, 5) is 33.7. The Morgan fingerprint density at radius 3 is 2.93 bits per heavy atom. The van der Waals surface area contributed by atoms with E-state index in [4.69, 9.17) is 4.74 Å². The highest BCUT2D eigenvalue weighted by atomic mass is 32.1. The van der Waals surface area contributed by atoms with Crippen molar-refractivity contribution < 1.29 is 27.5 Å². The van der Waals surface area contributed by atoms with E-state index in [-0.39, 0.29) is 35.7 Å². The topological polar surface area (TPSA) is 84.4 Å². The molecule has 1 atom stereocenters. The largest absolute Gasteiger partial charge is 0.461 e. The van der Waals surface area contributed by atoms with Gasteiger partial charge in [-0.15, -0.1) is 11.3 Å². The number of alkyl halides is 3. The Hall–Kier alpha value is -2.69. The van der Waals surface area contributed by atoms with Gasteiger partial charge in [0.15, 0.2) is 10.8 Å². The number of halogens is 3. The number of piperidine rings is 1. The smallest absolute Gasteiger partial charge is 0.419 e. The van der Waals surface area contributed by atoms with Crippen LogP contribution in [0.3, 0.4) is 0 Å². The molecule has 0 saturated carbocycles. The van der Waals surface area contributed by atoms with Gasteiger partial charge in [-0.1, -0.05) is 0 Å². The van der Waals surface area contributed by atoms with E-state index in [1.54, 1.807) is 6.92 Å². The Labute approximate surface area is 168 Å². The Morgan fingerprint density at radius 2 is 2.21 bits per heavy atom. The van der Waals surface area contributed by atoms with Gasteiger partial charge in [0, 0.05) is 24.7 Å². The second-order valence-electron chi connectivity index (χ2n) is 6.41. The molecule has 1 amide bonds. The molecule has 7 nitrogen and oxygen atoms in total. The molecular weight excluding hydrogens is 409 g/mol. The normalized spacial score (nSPS) is 17.1. The number of nitrogens with one attached hydrogen (secondary N) is 1. The molecule has 156 valence electrons. The van der Waals surface area contributed by atoms with Gasteiger partial charge in [0.05, 0.1) is 18.1 Å². The van der Waals surface area contributed by atoms with Gasteiger partial charge in [-0.2, -0.15) is 13.2 Å². The number of pyridine rings is 1. The van der Waals surface area contributed by atoms with Crippen LogP contribution in [0.1, 0.15) is 35.8 Å². The van der Waals surface area contributed by atoms with E-state index in [1.807, 2.05) is 0 Å². The number of ether oxygens (including phenoxy) is 1. The van der Waals surface area contributed by atoms with Gasteiger partial charge in [-0.05, 0) is 31.9 Å². The molecule has 2 aromatic heterocycles. The molecule has 1 saturated heterocycles. The van der Waals surface area contributed by atoms with Crippen LogP contribution < -0.4 is 10.2 Å². The lowest BCUT2D eigenvalue weighted by Crippen LogP contribution is -2.42. The highest BCUT2D eigenvalue weighted by molar-refractivity contribution is 7.14. The molecule has 1 unspecified atom stereocenters. The minimum atomic E-state index is -4.52. The van der Waals surface area contributed by atoms with Crippen LogP contribution in [0, 0.1) is 5.92 Å². The second kappa shape index (κ2) is 8.76. The van der Waals surface area contributed by atoms with Crippen LogP contribution >= 0.6 is 11.3 Å². The Morgan fingerprint density at radius 1 is 1.41 bits per heavy atom. The molecule has 1 aliphatic rings. The summed E-state index contributed by atoms with van der Waals surface area (Å²) < 4.78 is 44.7. The third kappa shape index (κ3) is 5.03. The monoisotopic (exact) mass is 428 g/mol. The first kappa shape index (κ1) is 21.0. The first-order chi connectivity index (χ1) is 13.8. The average Bonchev–Trinajstić information content (AvgIpc) is 3.16. The molecule has 3 rings (SSSR count). The lowest BCUT2D eigenvalue weighted by atomic mass is 9.97. The van der Waals surface area contributed by atoms with E-state index in [9.17, 15) is 22.8 Å². The van der Waals surface area contributed by atoms with Crippen molar-refractivity contribution in [2.75, 3.05) is 29.9 Å². The lowest BCUT2D eigenvalue weighted by molar-refractivity contribution is -0.137. The number of thiazole rings is 1. The number of carbonyl (C=O) groups is 2. The standard InChI is InChI=1S/C18H19F3N4O3S/c1-2-28-16(27)13-10-29-17(23-13)24-15(26)11-5-4-8-25(9-11)14-12(18(19,20)21)6-3-7-22-14/h3,6-7,10-11H,2,4-5,8-9H2,1H3,(H,23,24,26). The van der Waals surface area contributed by atoms with Crippen molar-refractivity contribution in [3.05, 3.63) is 35.0 Å². The van der Waals surface area contributed by atoms with Gasteiger partial charge in [0.25, 0.3) is 0 Å². The lowest BCUT2D eigenvalue weighted by Gasteiger charge is -2.34. The number of anilines is 2. The van der Waals surface area contributed by atoms with Crippen LogP contribution in [-0.2, 0) is 15.7 Å². The molecule has 0 aliphatic carbocycles. The molecule has 1 fully saturated rings. The van der Waals surface area contributed by atoms with Crippen LogP contribution in [0.15, 0.2) is 23.7 Å². The van der Waals surface area contributed by atoms with E-state index < -0.39 is 23.6 Å². The van der Waals surface area contributed by atoms with Crippen LogP contribution in [-0.4, -0.2) is 41.5 Å². The van der Waals surface area contributed by atoms with Crippen molar-refractivity contribution in [2.24, 2.45) is 5.92 Å². The third-order valence-electron chi connectivity index (χ3n) is 4.40. The van der Waals surface area contributed by atoms with Gasteiger partial charge in [-0.25, -0.2) is 14.8 Å². The zero-order valence-electron chi connectivity index (χ0n) is 15.5. The maximum absolute atomic E-state index is 13.3. The van der Waals surface area contributed by atoms with Gasteiger partial charge in [-0.3, -0.25) is 4.79 Å². The zero-order valence-corrected chi connectivity index (χ0v) is 16.3. The predicted octanol–water partition coefficient (Wildman–Crippen LogP) is 3.59. The number of rotatable bonds is 5. The fourth-order valence-electron chi connectivity index (χ4n) is 3.09. The third-order valence-corrected chi connectivity index (χ3v) is 5.16. The number of hydrogen-bond acceptors (Lipinski definition) is 7. The van der Waals surface area contributed by atoms with Crippen molar-refractivity contribution in [3.63, 3.8) is 0 Å².